The standard InChI is InChI=1S/C27H27F3N4O2S2/c1-26(2,3)16-7-10-18-19(13-31)24(38-21(18)11-16)34-23(35)14-37-25-32-20(12-22(33-25)27(28,29)30)15-5-8-17(36-4)9-6-15/h5-6,8-9,12,16H,7,10-11,14H2,1-4H3,(H,34,35)/t16-/m0/s1. The van der Waals surface area contributed by atoms with Crippen molar-refractivity contribution in [3.05, 3.63) is 52.0 Å². The van der Waals surface area contributed by atoms with Crippen LogP contribution in [0.3, 0.4) is 0 Å². The molecule has 1 N–H and O–H groups in total. The van der Waals surface area contributed by atoms with Gasteiger partial charge in [0.15, 0.2) is 5.16 Å². The van der Waals surface area contributed by atoms with Gasteiger partial charge in [-0.3, -0.25) is 4.79 Å². The molecule has 0 saturated carbocycles. The molecule has 1 atom stereocenters. The van der Waals surface area contributed by atoms with Crippen LogP contribution >= 0.6 is 23.1 Å². The Labute approximate surface area is 227 Å². The maximum absolute atomic E-state index is 13.5. The SMILES string of the molecule is COc1ccc(-c2cc(C(F)(F)F)nc(SCC(=O)Nc3sc4c(c3C#N)CC[C@H](C(C)(C)C)C4)n2)cc1. The minimum atomic E-state index is -4.68. The van der Waals surface area contributed by atoms with Crippen LogP contribution in [0, 0.1) is 22.7 Å². The first-order chi connectivity index (χ1) is 17.9. The number of carbonyl (C=O) groups excluding carboxylic acids is 1. The summed E-state index contributed by atoms with van der Waals surface area (Å²) in [5, 5.41) is 12.9. The molecule has 200 valence electrons. The van der Waals surface area contributed by atoms with Crippen molar-refractivity contribution >= 4 is 34.0 Å². The Morgan fingerprint density at radius 3 is 2.55 bits per heavy atom. The van der Waals surface area contributed by atoms with Gasteiger partial charge in [-0.25, -0.2) is 9.97 Å². The molecule has 2 heterocycles. The van der Waals surface area contributed by atoms with Crippen LogP contribution in [0.25, 0.3) is 11.3 Å². The first-order valence-electron chi connectivity index (χ1n) is 12.0. The summed E-state index contributed by atoms with van der Waals surface area (Å²) in [5.41, 5.74) is 1.07. The second kappa shape index (κ2) is 10.9. The van der Waals surface area contributed by atoms with Gasteiger partial charge < -0.3 is 10.1 Å². The fourth-order valence-electron chi connectivity index (χ4n) is 4.37. The van der Waals surface area contributed by atoms with Gasteiger partial charge >= 0.3 is 6.18 Å². The number of ether oxygens (including phenoxy) is 1. The van der Waals surface area contributed by atoms with Crippen molar-refractivity contribution in [2.45, 2.75) is 51.4 Å². The Morgan fingerprint density at radius 1 is 1.24 bits per heavy atom. The predicted octanol–water partition coefficient (Wildman–Crippen LogP) is 6.99. The summed E-state index contributed by atoms with van der Waals surface area (Å²) in [7, 11) is 1.49. The zero-order valence-corrected chi connectivity index (χ0v) is 23.0. The van der Waals surface area contributed by atoms with Crippen molar-refractivity contribution in [2.24, 2.45) is 11.3 Å². The Balaban J connectivity index is 1.51. The highest BCUT2D eigenvalue weighted by atomic mass is 32.2. The maximum atomic E-state index is 13.5. The number of carbonyl (C=O) groups is 1. The monoisotopic (exact) mass is 560 g/mol. The molecular formula is C27H27F3N4O2S2. The molecule has 0 unspecified atom stereocenters. The molecular weight excluding hydrogens is 533 g/mol. The van der Waals surface area contributed by atoms with Crippen LogP contribution in [0.15, 0.2) is 35.5 Å². The van der Waals surface area contributed by atoms with E-state index in [1.165, 1.54) is 18.4 Å². The topological polar surface area (TPSA) is 87.9 Å². The molecule has 1 aliphatic rings. The Morgan fingerprint density at radius 2 is 1.95 bits per heavy atom. The number of thioether (sulfide) groups is 1. The van der Waals surface area contributed by atoms with E-state index in [4.69, 9.17) is 4.74 Å². The lowest BCUT2D eigenvalue weighted by molar-refractivity contribution is -0.141. The van der Waals surface area contributed by atoms with Crippen molar-refractivity contribution < 1.29 is 22.7 Å². The number of halogens is 3. The lowest BCUT2D eigenvalue weighted by Crippen LogP contribution is -2.26. The maximum Gasteiger partial charge on any atom is 0.433 e. The van der Waals surface area contributed by atoms with Gasteiger partial charge in [0.05, 0.1) is 24.1 Å². The lowest BCUT2D eigenvalue weighted by Gasteiger charge is -2.33. The number of fused-ring (bicyclic) bond motifs is 1. The molecule has 0 saturated heterocycles. The number of anilines is 1. The van der Waals surface area contributed by atoms with Crippen LogP contribution in [0.4, 0.5) is 18.2 Å². The molecule has 1 aliphatic carbocycles. The number of nitriles is 1. The molecule has 3 aromatic rings. The number of nitrogens with one attached hydrogen (secondary N) is 1. The van der Waals surface area contributed by atoms with Gasteiger partial charge in [-0.1, -0.05) is 32.5 Å². The number of nitrogens with zero attached hydrogens (tertiary/aromatic N) is 3. The summed E-state index contributed by atoms with van der Waals surface area (Å²) in [5.74, 6) is 0.397. The molecule has 0 bridgehead atoms. The van der Waals surface area contributed by atoms with Gasteiger partial charge in [-0.15, -0.1) is 11.3 Å². The predicted molar refractivity (Wildman–Crippen MR) is 142 cm³/mol. The van der Waals surface area contributed by atoms with Crippen LogP contribution in [-0.4, -0.2) is 28.7 Å². The number of amides is 1. The average Bonchev–Trinajstić information content (AvgIpc) is 3.22. The molecule has 1 aromatic carbocycles. The number of benzene rings is 1. The van der Waals surface area contributed by atoms with Gasteiger partial charge in [0.25, 0.3) is 0 Å². The second-order valence-corrected chi connectivity index (χ2v) is 12.2. The Kier molecular flexibility index (Phi) is 8.04. The number of alkyl halides is 3. The lowest BCUT2D eigenvalue weighted by atomic mass is 9.72. The largest absolute Gasteiger partial charge is 0.497 e. The van der Waals surface area contributed by atoms with E-state index in [0.717, 1.165) is 47.5 Å². The number of rotatable bonds is 6. The molecule has 6 nitrogen and oxygen atoms in total. The second-order valence-electron chi connectivity index (χ2n) is 10.1. The van der Waals surface area contributed by atoms with Crippen LogP contribution in [-0.2, 0) is 23.8 Å². The number of thiophene rings is 1. The molecule has 4 rings (SSSR count). The molecule has 11 heteroatoms. The van der Waals surface area contributed by atoms with Crippen molar-refractivity contribution in [1.82, 2.24) is 9.97 Å². The zero-order valence-electron chi connectivity index (χ0n) is 21.4. The van der Waals surface area contributed by atoms with Crippen molar-refractivity contribution in [2.75, 3.05) is 18.2 Å². The Hall–Kier alpha value is -3.10. The fraction of sp³-hybridized carbons (Fsp3) is 0.407. The molecule has 2 aromatic heterocycles. The summed E-state index contributed by atoms with van der Waals surface area (Å²) < 4.78 is 45.7. The van der Waals surface area contributed by atoms with E-state index in [0.29, 0.717) is 27.8 Å². The highest BCUT2D eigenvalue weighted by Gasteiger charge is 2.34. The van der Waals surface area contributed by atoms with Gasteiger partial charge in [0.2, 0.25) is 5.91 Å². The first-order valence-corrected chi connectivity index (χ1v) is 13.8. The fourth-order valence-corrected chi connectivity index (χ4v) is 6.32. The van der Waals surface area contributed by atoms with Gasteiger partial charge in [-0.05, 0) is 66.5 Å². The van der Waals surface area contributed by atoms with Crippen LogP contribution in [0.5, 0.6) is 5.75 Å². The third-order valence-corrected chi connectivity index (χ3v) is 8.59. The summed E-state index contributed by atoms with van der Waals surface area (Å²) in [6, 6.07) is 9.57. The van der Waals surface area contributed by atoms with Crippen LogP contribution in [0.2, 0.25) is 0 Å². The molecule has 0 aliphatic heterocycles. The van der Waals surface area contributed by atoms with Crippen molar-refractivity contribution in [3.63, 3.8) is 0 Å². The zero-order chi connectivity index (χ0) is 27.7. The van der Waals surface area contributed by atoms with E-state index < -0.39 is 17.8 Å². The minimum Gasteiger partial charge on any atom is -0.497 e. The van der Waals surface area contributed by atoms with Crippen LogP contribution < -0.4 is 10.1 Å². The quantitative estimate of drug-likeness (QED) is 0.258. The number of hydrogen-bond donors (Lipinski definition) is 1. The molecule has 0 radical (unpaired) electrons. The summed E-state index contributed by atoms with van der Waals surface area (Å²) in [6.07, 6.45) is -2.05. The van der Waals surface area contributed by atoms with Crippen molar-refractivity contribution in [3.8, 4) is 23.1 Å². The van der Waals surface area contributed by atoms with Gasteiger partial charge in [-0.2, -0.15) is 18.4 Å². The summed E-state index contributed by atoms with van der Waals surface area (Å²) in [4.78, 5) is 21.8. The third-order valence-electron chi connectivity index (χ3n) is 6.57. The number of hydrogen-bond acceptors (Lipinski definition) is 7. The van der Waals surface area contributed by atoms with Gasteiger partial charge in [0, 0.05) is 10.4 Å². The van der Waals surface area contributed by atoms with E-state index in [-0.39, 0.29) is 22.0 Å². The highest BCUT2D eigenvalue weighted by molar-refractivity contribution is 7.99. The smallest absolute Gasteiger partial charge is 0.433 e. The van der Waals surface area contributed by atoms with E-state index >= 15 is 0 Å². The molecule has 0 fully saturated rings. The van der Waals surface area contributed by atoms with Crippen molar-refractivity contribution in [1.29, 1.82) is 5.26 Å². The average molecular weight is 561 g/mol. The molecule has 0 spiro atoms. The number of methoxy groups -OCH3 is 1. The minimum absolute atomic E-state index is 0.0870. The van der Waals surface area contributed by atoms with E-state index in [9.17, 15) is 23.2 Å². The summed E-state index contributed by atoms with van der Waals surface area (Å²) >= 11 is 2.22. The molecule has 1 amide bonds. The highest BCUT2D eigenvalue weighted by Crippen LogP contribution is 2.44. The normalized spacial score (nSPS) is 15.5. The van der Waals surface area contributed by atoms with E-state index in [2.05, 4.69) is 42.1 Å². The number of aromatic nitrogens is 2. The van der Waals surface area contributed by atoms with Gasteiger partial charge in [0.1, 0.15) is 22.5 Å². The Bertz CT molecular complexity index is 1370. The van der Waals surface area contributed by atoms with Crippen LogP contribution in [0.1, 0.15) is 48.9 Å². The van der Waals surface area contributed by atoms with E-state index in [1.807, 2.05) is 0 Å². The first kappa shape index (κ1) is 27.9. The van der Waals surface area contributed by atoms with E-state index in [1.54, 1.807) is 24.3 Å². The molecule has 38 heavy (non-hydrogen) atoms. The summed E-state index contributed by atoms with van der Waals surface area (Å²) in [6.45, 7) is 6.62. The third kappa shape index (κ3) is 6.30.